The lowest BCUT2D eigenvalue weighted by molar-refractivity contribution is 0.386. The van der Waals surface area contributed by atoms with Gasteiger partial charge in [0.15, 0.2) is 9.84 Å². The summed E-state index contributed by atoms with van der Waals surface area (Å²) in [6, 6.07) is 9.01. The molecule has 3 nitrogen and oxygen atoms in total. The lowest BCUT2D eigenvalue weighted by Gasteiger charge is -2.23. The van der Waals surface area contributed by atoms with E-state index in [4.69, 9.17) is 0 Å². The van der Waals surface area contributed by atoms with Crippen LogP contribution in [-0.4, -0.2) is 32.5 Å². The Kier molecular flexibility index (Phi) is 5.44. The normalized spacial score (nSPS) is 22.6. The smallest absolute Gasteiger partial charge is 0.150 e. The second-order valence-corrected chi connectivity index (χ2v) is 8.66. The predicted molar refractivity (Wildman–Crippen MR) is 88.5 cm³/mol. The van der Waals surface area contributed by atoms with Crippen LogP contribution >= 0.6 is 0 Å². The van der Waals surface area contributed by atoms with E-state index in [1.54, 1.807) is 0 Å². The monoisotopic (exact) mass is 309 g/mol. The molecule has 0 aromatic heterocycles. The van der Waals surface area contributed by atoms with Gasteiger partial charge in [-0.25, -0.2) is 8.42 Å². The maximum Gasteiger partial charge on any atom is 0.150 e. The molecule has 4 heteroatoms. The fraction of sp³-hybridized carbons (Fsp3) is 0.647. The van der Waals surface area contributed by atoms with E-state index in [2.05, 4.69) is 50.4 Å². The van der Waals surface area contributed by atoms with Gasteiger partial charge >= 0.3 is 0 Å². The third kappa shape index (κ3) is 4.55. The summed E-state index contributed by atoms with van der Waals surface area (Å²) in [5.41, 5.74) is 2.64. The van der Waals surface area contributed by atoms with Gasteiger partial charge in [0.1, 0.15) is 0 Å². The first kappa shape index (κ1) is 16.5. The van der Waals surface area contributed by atoms with E-state index in [-0.39, 0.29) is 12.0 Å². The first-order valence-electron chi connectivity index (χ1n) is 7.94. The molecular formula is C17H27NO2S. The number of nitrogens with one attached hydrogen (secondary N) is 1. The summed E-state index contributed by atoms with van der Waals surface area (Å²) in [6.07, 6.45) is 1.70. The van der Waals surface area contributed by atoms with Crippen LogP contribution in [0.5, 0.6) is 0 Å². The average Bonchev–Trinajstić information content (AvgIpc) is 2.79. The van der Waals surface area contributed by atoms with Crippen molar-refractivity contribution >= 4 is 9.84 Å². The summed E-state index contributed by atoms with van der Waals surface area (Å²) >= 11 is 0. The van der Waals surface area contributed by atoms with Crippen LogP contribution in [0.25, 0.3) is 0 Å². The van der Waals surface area contributed by atoms with Crippen molar-refractivity contribution < 1.29 is 8.42 Å². The Bertz CT molecular complexity index is 549. The van der Waals surface area contributed by atoms with Crippen LogP contribution in [0.2, 0.25) is 0 Å². The molecule has 1 aromatic carbocycles. The number of likely N-dealkylation sites (N-methyl/N-ethyl adjacent to an activating group) is 1. The van der Waals surface area contributed by atoms with E-state index in [1.807, 2.05) is 0 Å². The third-order valence-electron chi connectivity index (χ3n) is 4.41. The maximum absolute atomic E-state index is 11.7. The minimum Gasteiger partial charge on any atom is -0.314 e. The quantitative estimate of drug-likeness (QED) is 0.879. The molecule has 0 saturated carbocycles. The summed E-state index contributed by atoms with van der Waals surface area (Å²) < 4.78 is 23.4. The molecule has 21 heavy (non-hydrogen) atoms. The van der Waals surface area contributed by atoms with Gasteiger partial charge in [0.05, 0.1) is 11.5 Å². The zero-order chi connectivity index (χ0) is 15.5. The van der Waals surface area contributed by atoms with Gasteiger partial charge in [-0.1, -0.05) is 45.0 Å². The average molecular weight is 309 g/mol. The van der Waals surface area contributed by atoms with Gasteiger partial charge in [-0.05, 0) is 42.3 Å². The highest BCUT2D eigenvalue weighted by Gasteiger charge is 2.33. The second kappa shape index (κ2) is 6.93. The first-order chi connectivity index (χ1) is 9.91. The van der Waals surface area contributed by atoms with Crippen molar-refractivity contribution in [1.29, 1.82) is 0 Å². The summed E-state index contributed by atoms with van der Waals surface area (Å²) in [6.45, 7) is 7.35. The van der Waals surface area contributed by atoms with Crippen LogP contribution < -0.4 is 5.32 Å². The number of hydrogen-bond acceptors (Lipinski definition) is 3. The van der Waals surface area contributed by atoms with Crippen molar-refractivity contribution in [3.05, 3.63) is 35.4 Å². The molecule has 0 spiro atoms. The van der Waals surface area contributed by atoms with Crippen molar-refractivity contribution in [2.24, 2.45) is 5.92 Å². The van der Waals surface area contributed by atoms with Gasteiger partial charge in [-0.3, -0.25) is 0 Å². The van der Waals surface area contributed by atoms with Crippen LogP contribution in [0, 0.1) is 5.92 Å². The molecule has 0 aliphatic carbocycles. The number of sulfone groups is 1. The van der Waals surface area contributed by atoms with Crippen molar-refractivity contribution in [2.75, 3.05) is 18.1 Å². The van der Waals surface area contributed by atoms with Crippen molar-refractivity contribution in [3.8, 4) is 0 Å². The Morgan fingerprint density at radius 1 is 1.24 bits per heavy atom. The molecule has 1 fully saturated rings. The fourth-order valence-electron chi connectivity index (χ4n) is 3.10. The van der Waals surface area contributed by atoms with E-state index < -0.39 is 9.84 Å². The minimum absolute atomic E-state index is 0.250. The summed E-state index contributed by atoms with van der Waals surface area (Å²) in [7, 11) is -2.81. The van der Waals surface area contributed by atoms with E-state index in [0.717, 1.165) is 19.4 Å². The van der Waals surface area contributed by atoms with E-state index in [1.165, 1.54) is 11.1 Å². The molecule has 2 unspecified atom stereocenters. The molecule has 1 aromatic rings. The third-order valence-corrected chi connectivity index (χ3v) is 6.20. The standard InChI is InChI=1S/C17H27NO2S/c1-4-18-17(16-9-10-21(19,20)12-16)11-14-5-7-15(8-6-14)13(2)3/h5-8,13,16-18H,4,9-12H2,1-3H3. The maximum atomic E-state index is 11.7. The zero-order valence-electron chi connectivity index (χ0n) is 13.3. The Hall–Kier alpha value is -0.870. The molecule has 0 radical (unpaired) electrons. The summed E-state index contributed by atoms with van der Waals surface area (Å²) in [5.74, 6) is 1.49. The molecule has 1 N–H and O–H groups in total. The molecule has 0 amide bonds. The zero-order valence-corrected chi connectivity index (χ0v) is 14.1. The number of rotatable bonds is 6. The van der Waals surface area contributed by atoms with Crippen molar-refractivity contribution in [1.82, 2.24) is 5.32 Å². The van der Waals surface area contributed by atoms with E-state index in [0.29, 0.717) is 17.4 Å². The molecule has 1 heterocycles. The SMILES string of the molecule is CCNC(Cc1ccc(C(C)C)cc1)C1CCS(=O)(=O)C1. The van der Waals surface area contributed by atoms with Crippen LogP contribution in [0.15, 0.2) is 24.3 Å². The summed E-state index contributed by atoms with van der Waals surface area (Å²) in [4.78, 5) is 0. The Morgan fingerprint density at radius 3 is 2.38 bits per heavy atom. The van der Waals surface area contributed by atoms with Gasteiger partial charge in [0.25, 0.3) is 0 Å². The molecular weight excluding hydrogens is 282 g/mol. The van der Waals surface area contributed by atoms with Gasteiger partial charge < -0.3 is 5.32 Å². The highest BCUT2D eigenvalue weighted by atomic mass is 32.2. The minimum atomic E-state index is -2.81. The Balaban J connectivity index is 2.06. The van der Waals surface area contributed by atoms with E-state index >= 15 is 0 Å². The van der Waals surface area contributed by atoms with Gasteiger partial charge in [0, 0.05) is 6.04 Å². The molecule has 0 bridgehead atoms. The lowest BCUT2D eigenvalue weighted by Crippen LogP contribution is -2.38. The summed E-state index contributed by atoms with van der Waals surface area (Å²) in [5, 5.41) is 3.48. The Morgan fingerprint density at radius 2 is 1.90 bits per heavy atom. The van der Waals surface area contributed by atoms with Crippen LogP contribution in [0.4, 0.5) is 0 Å². The fourth-order valence-corrected chi connectivity index (χ4v) is 4.98. The van der Waals surface area contributed by atoms with Gasteiger partial charge in [-0.2, -0.15) is 0 Å². The molecule has 1 saturated heterocycles. The van der Waals surface area contributed by atoms with Crippen LogP contribution in [0.3, 0.4) is 0 Å². The van der Waals surface area contributed by atoms with Crippen LogP contribution in [0.1, 0.15) is 44.2 Å². The van der Waals surface area contributed by atoms with Gasteiger partial charge in [0.2, 0.25) is 0 Å². The highest BCUT2D eigenvalue weighted by molar-refractivity contribution is 7.91. The Labute approximate surface area is 129 Å². The molecule has 1 aliphatic heterocycles. The van der Waals surface area contributed by atoms with Crippen molar-refractivity contribution in [3.63, 3.8) is 0 Å². The number of hydrogen-bond donors (Lipinski definition) is 1. The molecule has 2 atom stereocenters. The second-order valence-electron chi connectivity index (χ2n) is 6.43. The number of benzene rings is 1. The topological polar surface area (TPSA) is 46.2 Å². The lowest BCUT2D eigenvalue weighted by atomic mass is 9.92. The predicted octanol–water partition coefficient (Wildman–Crippen LogP) is 2.77. The molecule has 118 valence electrons. The molecule has 1 aliphatic rings. The van der Waals surface area contributed by atoms with Crippen molar-refractivity contribution in [2.45, 2.75) is 45.6 Å². The van der Waals surface area contributed by atoms with E-state index in [9.17, 15) is 8.42 Å². The van der Waals surface area contributed by atoms with Gasteiger partial charge in [-0.15, -0.1) is 0 Å². The largest absolute Gasteiger partial charge is 0.314 e. The van der Waals surface area contributed by atoms with Crippen LogP contribution in [-0.2, 0) is 16.3 Å². The molecule has 2 rings (SSSR count). The highest BCUT2D eigenvalue weighted by Crippen LogP contribution is 2.24. The first-order valence-corrected chi connectivity index (χ1v) is 9.76.